The highest BCUT2D eigenvalue weighted by Gasteiger charge is 2.25. The molecule has 2 aliphatic rings. The fourth-order valence-corrected chi connectivity index (χ4v) is 3.48. The van der Waals surface area contributed by atoms with Crippen LogP contribution in [-0.4, -0.2) is 58.8 Å². The van der Waals surface area contributed by atoms with E-state index in [0.717, 1.165) is 31.8 Å². The summed E-state index contributed by atoms with van der Waals surface area (Å²) in [6.07, 6.45) is 4.92. The van der Waals surface area contributed by atoms with Crippen molar-refractivity contribution in [3.8, 4) is 0 Å². The van der Waals surface area contributed by atoms with Crippen molar-refractivity contribution in [2.75, 3.05) is 38.0 Å². The predicted octanol–water partition coefficient (Wildman–Crippen LogP) is 1.88. The number of urea groups is 1. The molecule has 0 radical (unpaired) electrons. The van der Waals surface area contributed by atoms with Crippen molar-refractivity contribution in [1.82, 2.24) is 20.0 Å². The molecule has 0 aromatic carbocycles. The Morgan fingerprint density at radius 3 is 2.70 bits per heavy atom. The number of aromatic nitrogens is 2. The molecule has 1 aromatic rings. The van der Waals surface area contributed by atoms with Crippen molar-refractivity contribution >= 4 is 22.5 Å². The van der Waals surface area contributed by atoms with Gasteiger partial charge >= 0.3 is 6.03 Å². The molecule has 0 saturated carbocycles. The summed E-state index contributed by atoms with van der Waals surface area (Å²) in [6, 6.07) is -0.0404. The Hall–Kier alpha value is -1.21. The van der Waals surface area contributed by atoms with Crippen molar-refractivity contribution in [2.24, 2.45) is 5.92 Å². The normalized spacial score (nSPS) is 21.3. The van der Waals surface area contributed by atoms with Crippen LogP contribution in [0.2, 0.25) is 0 Å². The first kappa shape index (κ1) is 13.8. The maximum absolute atomic E-state index is 12.1. The number of nitrogens with one attached hydrogen (secondary N) is 1. The summed E-state index contributed by atoms with van der Waals surface area (Å²) in [7, 11) is 0. The van der Waals surface area contributed by atoms with Gasteiger partial charge in [-0.15, -0.1) is 10.2 Å². The van der Waals surface area contributed by atoms with Gasteiger partial charge in [-0.05, 0) is 44.7 Å². The van der Waals surface area contributed by atoms with Gasteiger partial charge in [0.1, 0.15) is 5.51 Å². The Balaban J connectivity index is 1.42. The summed E-state index contributed by atoms with van der Waals surface area (Å²) in [5.74, 6) is 0.749. The third-order valence-corrected chi connectivity index (χ3v) is 4.80. The molecule has 6 nitrogen and oxygen atoms in total. The zero-order valence-electron chi connectivity index (χ0n) is 11.6. The largest absolute Gasteiger partial charge is 0.324 e. The number of carbonyl (C=O) groups excluding carboxylic acids is 1. The topological polar surface area (TPSA) is 61.4 Å². The number of hydrogen-bond donors (Lipinski definition) is 1. The van der Waals surface area contributed by atoms with Crippen LogP contribution in [0.4, 0.5) is 9.93 Å². The lowest BCUT2D eigenvalue weighted by molar-refractivity contribution is 0.163. The standard InChI is InChI=1S/C13H21N5OS/c19-13(15-12-16-14-10-20-12)18-7-3-11(4-8-18)9-17-5-1-2-6-17/h10-11H,1-9H2,(H,15,16,19). The zero-order valence-corrected chi connectivity index (χ0v) is 12.4. The molecule has 1 aromatic heterocycles. The molecule has 0 aliphatic carbocycles. The second kappa shape index (κ2) is 6.49. The summed E-state index contributed by atoms with van der Waals surface area (Å²) in [4.78, 5) is 16.5. The minimum absolute atomic E-state index is 0.0404. The number of nitrogens with zero attached hydrogens (tertiary/aromatic N) is 4. The van der Waals surface area contributed by atoms with Gasteiger partial charge in [0.05, 0.1) is 0 Å². The highest BCUT2D eigenvalue weighted by Crippen LogP contribution is 2.21. The quantitative estimate of drug-likeness (QED) is 0.925. The molecular formula is C13H21N5OS. The maximum Gasteiger partial charge on any atom is 0.323 e. The molecular weight excluding hydrogens is 274 g/mol. The Morgan fingerprint density at radius 2 is 2.05 bits per heavy atom. The minimum atomic E-state index is -0.0404. The number of rotatable bonds is 3. The lowest BCUT2D eigenvalue weighted by atomic mass is 9.96. The minimum Gasteiger partial charge on any atom is -0.324 e. The third-order valence-electron chi connectivity index (χ3n) is 4.19. The summed E-state index contributed by atoms with van der Waals surface area (Å²) < 4.78 is 0. The third kappa shape index (κ3) is 3.46. The van der Waals surface area contributed by atoms with Crippen LogP contribution in [0.15, 0.2) is 5.51 Å². The molecule has 0 bridgehead atoms. The van der Waals surface area contributed by atoms with Gasteiger partial charge in [-0.25, -0.2) is 4.79 Å². The van der Waals surface area contributed by atoms with Crippen molar-refractivity contribution < 1.29 is 4.79 Å². The van der Waals surface area contributed by atoms with E-state index in [4.69, 9.17) is 0 Å². The van der Waals surface area contributed by atoms with Gasteiger partial charge in [-0.2, -0.15) is 0 Å². The highest BCUT2D eigenvalue weighted by atomic mass is 32.1. The van der Waals surface area contributed by atoms with E-state index in [-0.39, 0.29) is 6.03 Å². The molecule has 3 rings (SSSR count). The SMILES string of the molecule is O=C(Nc1nncs1)N1CCC(CN2CCCC2)CC1. The first-order valence-corrected chi connectivity index (χ1v) is 8.23. The Morgan fingerprint density at radius 1 is 1.30 bits per heavy atom. The van der Waals surface area contributed by atoms with E-state index in [1.54, 1.807) is 5.51 Å². The Bertz CT molecular complexity index is 424. The summed E-state index contributed by atoms with van der Waals surface area (Å²) in [6.45, 7) is 5.44. The van der Waals surface area contributed by atoms with Crippen LogP contribution in [0.1, 0.15) is 25.7 Å². The van der Waals surface area contributed by atoms with Gasteiger partial charge in [-0.3, -0.25) is 5.32 Å². The molecule has 7 heteroatoms. The summed E-state index contributed by atoms with van der Waals surface area (Å²) >= 11 is 1.35. The number of hydrogen-bond acceptors (Lipinski definition) is 5. The van der Waals surface area contributed by atoms with Gasteiger partial charge in [0.15, 0.2) is 0 Å². The molecule has 2 fully saturated rings. The van der Waals surface area contributed by atoms with E-state index in [1.807, 2.05) is 4.90 Å². The zero-order chi connectivity index (χ0) is 13.8. The average molecular weight is 295 g/mol. The summed E-state index contributed by atoms with van der Waals surface area (Å²) in [5.41, 5.74) is 1.62. The first-order chi connectivity index (χ1) is 9.81. The van der Waals surface area contributed by atoms with E-state index >= 15 is 0 Å². The lowest BCUT2D eigenvalue weighted by Gasteiger charge is -2.33. The van der Waals surface area contributed by atoms with E-state index in [9.17, 15) is 4.79 Å². The molecule has 20 heavy (non-hydrogen) atoms. The van der Waals surface area contributed by atoms with Gasteiger partial charge in [-0.1, -0.05) is 11.3 Å². The molecule has 2 saturated heterocycles. The van der Waals surface area contributed by atoms with Crippen molar-refractivity contribution in [1.29, 1.82) is 0 Å². The number of anilines is 1. The van der Waals surface area contributed by atoms with Crippen LogP contribution < -0.4 is 5.32 Å². The van der Waals surface area contributed by atoms with Crippen LogP contribution in [0.5, 0.6) is 0 Å². The van der Waals surface area contributed by atoms with Crippen LogP contribution in [-0.2, 0) is 0 Å². The monoisotopic (exact) mass is 295 g/mol. The van der Waals surface area contributed by atoms with Gasteiger partial charge in [0.25, 0.3) is 0 Å². The number of piperidine rings is 1. The van der Waals surface area contributed by atoms with E-state index in [1.165, 1.54) is 43.8 Å². The van der Waals surface area contributed by atoms with E-state index < -0.39 is 0 Å². The highest BCUT2D eigenvalue weighted by molar-refractivity contribution is 7.13. The fourth-order valence-electron chi connectivity index (χ4n) is 3.05. The van der Waals surface area contributed by atoms with Crippen molar-refractivity contribution in [3.05, 3.63) is 5.51 Å². The second-order valence-electron chi connectivity index (χ2n) is 5.61. The van der Waals surface area contributed by atoms with E-state index in [0.29, 0.717) is 5.13 Å². The second-order valence-corrected chi connectivity index (χ2v) is 6.45. The fraction of sp³-hybridized carbons (Fsp3) is 0.769. The van der Waals surface area contributed by atoms with Crippen LogP contribution in [0, 0.1) is 5.92 Å². The molecule has 0 atom stereocenters. The van der Waals surface area contributed by atoms with Crippen LogP contribution in [0.3, 0.4) is 0 Å². The number of likely N-dealkylation sites (tertiary alicyclic amines) is 2. The molecule has 2 aliphatic heterocycles. The van der Waals surface area contributed by atoms with Gasteiger partial charge in [0.2, 0.25) is 5.13 Å². The first-order valence-electron chi connectivity index (χ1n) is 7.36. The van der Waals surface area contributed by atoms with Crippen molar-refractivity contribution in [2.45, 2.75) is 25.7 Å². The van der Waals surface area contributed by atoms with Crippen LogP contribution in [0.25, 0.3) is 0 Å². The summed E-state index contributed by atoms with van der Waals surface area (Å²) in [5, 5.41) is 10.9. The molecule has 0 unspecified atom stereocenters. The van der Waals surface area contributed by atoms with Crippen molar-refractivity contribution in [3.63, 3.8) is 0 Å². The maximum atomic E-state index is 12.1. The Labute approximate surface area is 123 Å². The molecule has 3 heterocycles. The van der Waals surface area contributed by atoms with Gasteiger partial charge < -0.3 is 9.80 Å². The predicted molar refractivity (Wildman–Crippen MR) is 78.9 cm³/mol. The molecule has 110 valence electrons. The van der Waals surface area contributed by atoms with Gasteiger partial charge in [0, 0.05) is 19.6 Å². The molecule has 1 N–H and O–H groups in total. The number of amides is 2. The number of carbonyl (C=O) groups is 1. The van der Waals surface area contributed by atoms with Crippen LogP contribution >= 0.6 is 11.3 Å². The molecule has 0 spiro atoms. The van der Waals surface area contributed by atoms with E-state index in [2.05, 4.69) is 20.4 Å². The molecule has 2 amide bonds. The average Bonchev–Trinajstić information content (AvgIpc) is 3.13. The lowest BCUT2D eigenvalue weighted by Crippen LogP contribution is -2.43. The Kier molecular flexibility index (Phi) is 4.47. The smallest absolute Gasteiger partial charge is 0.323 e.